The quantitative estimate of drug-likeness (QED) is 0.827. The predicted molar refractivity (Wildman–Crippen MR) is 70.3 cm³/mol. The smallest absolute Gasteiger partial charge is 0.124 e. The highest BCUT2D eigenvalue weighted by molar-refractivity contribution is 5.36. The Bertz CT molecular complexity index is 361. The van der Waals surface area contributed by atoms with Gasteiger partial charge in [-0.25, -0.2) is 0 Å². The lowest BCUT2D eigenvalue weighted by Gasteiger charge is -2.23. The van der Waals surface area contributed by atoms with Crippen LogP contribution in [0.15, 0.2) is 18.2 Å². The van der Waals surface area contributed by atoms with Crippen molar-refractivity contribution in [2.45, 2.75) is 39.3 Å². The van der Waals surface area contributed by atoms with E-state index in [2.05, 4.69) is 13.8 Å². The molecule has 0 bridgehead atoms. The van der Waals surface area contributed by atoms with E-state index in [9.17, 15) is 0 Å². The summed E-state index contributed by atoms with van der Waals surface area (Å²) in [5.74, 6) is 0.888. The molecule has 0 saturated heterocycles. The zero-order valence-electron chi connectivity index (χ0n) is 11.2. The van der Waals surface area contributed by atoms with E-state index in [1.165, 1.54) is 5.56 Å². The number of rotatable bonds is 6. The lowest BCUT2D eigenvalue weighted by molar-refractivity contribution is 0.00538. The van der Waals surface area contributed by atoms with Crippen molar-refractivity contribution in [1.82, 2.24) is 0 Å². The van der Waals surface area contributed by atoms with Gasteiger partial charge in [-0.05, 0) is 32.4 Å². The third kappa shape index (κ3) is 4.36. The van der Waals surface area contributed by atoms with Gasteiger partial charge in [0.05, 0.1) is 12.2 Å². The van der Waals surface area contributed by atoms with E-state index < -0.39 is 0 Å². The summed E-state index contributed by atoms with van der Waals surface area (Å²) >= 11 is 0. The molecule has 96 valence electrons. The minimum Gasteiger partial charge on any atom is -0.493 e. The molecule has 0 aliphatic rings. The van der Waals surface area contributed by atoms with Crippen LogP contribution in [0.25, 0.3) is 0 Å². The molecule has 1 aromatic carbocycles. The lowest BCUT2D eigenvalue weighted by Crippen LogP contribution is -2.25. The zero-order chi connectivity index (χ0) is 12.9. The molecule has 0 radical (unpaired) electrons. The molecule has 0 aliphatic carbocycles. The maximum atomic E-state index is 5.79. The van der Waals surface area contributed by atoms with E-state index in [0.717, 1.165) is 17.7 Å². The van der Waals surface area contributed by atoms with E-state index in [1.54, 1.807) is 7.11 Å². The monoisotopic (exact) mass is 237 g/mol. The Morgan fingerprint density at radius 2 is 2.00 bits per heavy atom. The molecule has 1 rings (SSSR count). The molecular formula is C14H23NO2. The van der Waals surface area contributed by atoms with Crippen molar-refractivity contribution in [1.29, 1.82) is 0 Å². The zero-order valence-corrected chi connectivity index (χ0v) is 11.2. The van der Waals surface area contributed by atoms with Crippen LogP contribution in [0.2, 0.25) is 0 Å². The SMILES string of the molecule is COC(C)(C)CCOc1cc(C)ccc1CN. The number of hydrogen-bond acceptors (Lipinski definition) is 3. The Labute approximate surface area is 104 Å². The van der Waals surface area contributed by atoms with Gasteiger partial charge < -0.3 is 15.2 Å². The molecule has 3 heteroatoms. The number of nitrogens with two attached hydrogens (primary N) is 1. The summed E-state index contributed by atoms with van der Waals surface area (Å²) < 4.78 is 11.1. The van der Waals surface area contributed by atoms with Gasteiger partial charge in [0.2, 0.25) is 0 Å². The fraction of sp³-hybridized carbons (Fsp3) is 0.571. The Balaban J connectivity index is 2.59. The van der Waals surface area contributed by atoms with Gasteiger partial charge in [0, 0.05) is 25.6 Å². The maximum Gasteiger partial charge on any atom is 0.124 e. The van der Waals surface area contributed by atoms with Crippen molar-refractivity contribution in [3.8, 4) is 5.75 Å². The predicted octanol–water partition coefficient (Wildman–Crippen LogP) is 2.65. The van der Waals surface area contributed by atoms with Crippen molar-refractivity contribution >= 4 is 0 Å². The van der Waals surface area contributed by atoms with Gasteiger partial charge in [0.15, 0.2) is 0 Å². The second-order valence-corrected chi connectivity index (χ2v) is 4.88. The van der Waals surface area contributed by atoms with Gasteiger partial charge in [-0.15, -0.1) is 0 Å². The number of ether oxygens (including phenoxy) is 2. The van der Waals surface area contributed by atoms with E-state index in [-0.39, 0.29) is 5.60 Å². The summed E-state index contributed by atoms with van der Waals surface area (Å²) in [6, 6.07) is 6.10. The van der Waals surface area contributed by atoms with Gasteiger partial charge in [0.25, 0.3) is 0 Å². The minimum atomic E-state index is -0.146. The summed E-state index contributed by atoms with van der Waals surface area (Å²) in [5.41, 5.74) is 7.76. The molecule has 0 saturated carbocycles. The number of benzene rings is 1. The molecule has 0 unspecified atom stereocenters. The van der Waals surface area contributed by atoms with Gasteiger partial charge >= 0.3 is 0 Å². The van der Waals surface area contributed by atoms with Crippen molar-refractivity contribution < 1.29 is 9.47 Å². The Morgan fingerprint density at radius 1 is 1.29 bits per heavy atom. The second-order valence-electron chi connectivity index (χ2n) is 4.88. The van der Waals surface area contributed by atoms with Crippen LogP contribution < -0.4 is 10.5 Å². The van der Waals surface area contributed by atoms with E-state index >= 15 is 0 Å². The molecule has 0 aromatic heterocycles. The topological polar surface area (TPSA) is 44.5 Å². The number of aryl methyl sites for hydroxylation is 1. The molecule has 0 aliphatic heterocycles. The van der Waals surface area contributed by atoms with Gasteiger partial charge in [-0.2, -0.15) is 0 Å². The summed E-state index contributed by atoms with van der Waals surface area (Å²) in [5, 5.41) is 0. The van der Waals surface area contributed by atoms with Gasteiger partial charge in [0.1, 0.15) is 5.75 Å². The van der Waals surface area contributed by atoms with Crippen LogP contribution in [-0.4, -0.2) is 19.3 Å². The van der Waals surface area contributed by atoms with Crippen molar-refractivity contribution in [2.75, 3.05) is 13.7 Å². The molecule has 0 fully saturated rings. The van der Waals surface area contributed by atoms with Crippen LogP contribution in [0, 0.1) is 6.92 Å². The highest BCUT2D eigenvalue weighted by Gasteiger charge is 2.16. The third-order valence-corrected chi connectivity index (χ3v) is 2.96. The molecule has 0 spiro atoms. The summed E-state index contributed by atoms with van der Waals surface area (Å²) in [7, 11) is 1.72. The summed E-state index contributed by atoms with van der Waals surface area (Å²) in [4.78, 5) is 0. The van der Waals surface area contributed by atoms with Crippen LogP contribution in [0.5, 0.6) is 5.75 Å². The van der Waals surface area contributed by atoms with Crippen LogP contribution in [0.3, 0.4) is 0 Å². The normalized spacial score (nSPS) is 11.6. The fourth-order valence-electron chi connectivity index (χ4n) is 1.47. The molecule has 3 nitrogen and oxygen atoms in total. The van der Waals surface area contributed by atoms with Crippen LogP contribution in [0.4, 0.5) is 0 Å². The first-order chi connectivity index (χ1) is 7.98. The fourth-order valence-corrected chi connectivity index (χ4v) is 1.47. The third-order valence-electron chi connectivity index (χ3n) is 2.96. The Hall–Kier alpha value is -1.06. The molecule has 0 heterocycles. The highest BCUT2D eigenvalue weighted by atomic mass is 16.5. The van der Waals surface area contributed by atoms with Crippen LogP contribution in [-0.2, 0) is 11.3 Å². The maximum absolute atomic E-state index is 5.79. The van der Waals surface area contributed by atoms with Crippen molar-refractivity contribution in [3.63, 3.8) is 0 Å². The number of hydrogen-bond donors (Lipinski definition) is 1. The molecule has 2 N–H and O–H groups in total. The highest BCUT2D eigenvalue weighted by Crippen LogP contribution is 2.21. The van der Waals surface area contributed by atoms with E-state index in [0.29, 0.717) is 13.2 Å². The molecule has 0 atom stereocenters. The molecular weight excluding hydrogens is 214 g/mol. The largest absolute Gasteiger partial charge is 0.493 e. The van der Waals surface area contributed by atoms with Crippen molar-refractivity contribution in [2.24, 2.45) is 5.73 Å². The average molecular weight is 237 g/mol. The standard InChI is InChI=1S/C14H23NO2/c1-11-5-6-12(10-15)13(9-11)17-8-7-14(2,3)16-4/h5-6,9H,7-8,10,15H2,1-4H3. The Kier molecular flexibility index (Phi) is 4.97. The molecule has 0 amide bonds. The van der Waals surface area contributed by atoms with Crippen LogP contribution >= 0.6 is 0 Å². The Morgan fingerprint density at radius 3 is 2.59 bits per heavy atom. The van der Waals surface area contributed by atoms with Crippen LogP contribution in [0.1, 0.15) is 31.4 Å². The second kappa shape index (κ2) is 6.03. The first-order valence-electron chi connectivity index (χ1n) is 5.96. The molecule has 1 aromatic rings. The van der Waals surface area contributed by atoms with E-state index in [4.69, 9.17) is 15.2 Å². The first kappa shape index (κ1) is 14.0. The van der Waals surface area contributed by atoms with Crippen molar-refractivity contribution in [3.05, 3.63) is 29.3 Å². The number of methoxy groups -OCH3 is 1. The average Bonchev–Trinajstić information content (AvgIpc) is 2.29. The summed E-state index contributed by atoms with van der Waals surface area (Å²) in [6.45, 7) is 7.29. The lowest BCUT2D eigenvalue weighted by atomic mass is 10.1. The van der Waals surface area contributed by atoms with E-state index in [1.807, 2.05) is 25.1 Å². The molecule has 17 heavy (non-hydrogen) atoms. The van der Waals surface area contributed by atoms with Gasteiger partial charge in [-0.1, -0.05) is 12.1 Å². The van der Waals surface area contributed by atoms with Gasteiger partial charge in [-0.3, -0.25) is 0 Å². The minimum absolute atomic E-state index is 0.146. The first-order valence-corrected chi connectivity index (χ1v) is 5.96. The summed E-state index contributed by atoms with van der Waals surface area (Å²) in [6.07, 6.45) is 0.849.